The van der Waals surface area contributed by atoms with Crippen LogP contribution in [0.5, 0.6) is 5.75 Å². The Labute approximate surface area is 175 Å². The van der Waals surface area contributed by atoms with E-state index < -0.39 is 17.6 Å². The van der Waals surface area contributed by atoms with E-state index in [2.05, 4.69) is 20.6 Å². The van der Waals surface area contributed by atoms with E-state index in [1.807, 2.05) is 0 Å². The maximum Gasteiger partial charge on any atom is 0.243 e. The van der Waals surface area contributed by atoms with Crippen LogP contribution in [0.2, 0.25) is 5.02 Å². The topological polar surface area (TPSA) is 125 Å². The highest BCUT2D eigenvalue weighted by molar-refractivity contribution is 6.31. The van der Waals surface area contributed by atoms with Gasteiger partial charge in [0.2, 0.25) is 11.8 Å². The number of halogens is 2. The van der Waals surface area contributed by atoms with Gasteiger partial charge in [0.1, 0.15) is 23.7 Å². The molecular formula is C19H17ClFN5O4. The summed E-state index contributed by atoms with van der Waals surface area (Å²) in [7, 11) is 1.44. The third-order valence-electron chi connectivity index (χ3n) is 4.12. The quantitative estimate of drug-likeness (QED) is 0.332. The van der Waals surface area contributed by atoms with Gasteiger partial charge in [0.15, 0.2) is 0 Å². The van der Waals surface area contributed by atoms with Gasteiger partial charge in [-0.05, 0) is 24.3 Å². The van der Waals surface area contributed by atoms with Crippen molar-refractivity contribution in [1.82, 2.24) is 15.4 Å². The fourth-order valence-electron chi connectivity index (χ4n) is 2.66. The predicted octanol–water partition coefficient (Wildman–Crippen LogP) is 3.40. The van der Waals surface area contributed by atoms with Gasteiger partial charge in [-0.25, -0.2) is 19.8 Å². The molecule has 0 bridgehead atoms. The Morgan fingerprint density at radius 3 is 2.63 bits per heavy atom. The van der Waals surface area contributed by atoms with Crippen molar-refractivity contribution in [2.75, 3.05) is 17.7 Å². The van der Waals surface area contributed by atoms with Gasteiger partial charge in [-0.15, -0.1) is 0 Å². The van der Waals surface area contributed by atoms with Gasteiger partial charge < -0.3 is 15.4 Å². The third kappa shape index (κ3) is 4.91. The lowest BCUT2D eigenvalue weighted by molar-refractivity contribution is -0.131. The van der Waals surface area contributed by atoms with Crippen LogP contribution < -0.4 is 20.9 Å². The molecule has 0 aliphatic heterocycles. The summed E-state index contributed by atoms with van der Waals surface area (Å²) in [6.07, 6.45) is 1.03. The largest absolute Gasteiger partial charge is 0.494 e. The molecule has 1 aromatic heterocycles. The lowest BCUT2D eigenvalue weighted by Gasteiger charge is -2.14. The Kier molecular flexibility index (Phi) is 6.60. The first-order valence-electron chi connectivity index (χ1n) is 8.69. The third-order valence-corrected chi connectivity index (χ3v) is 4.41. The number of benzene rings is 2. The molecule has 30 heavy (non-hydrogen) atoms. The Bertz CT molecular complexity index is 1110. The van der Waals surface area contributed by atoms with Crippen molar-refractivity contribution >= 4 is 51.5 Å². The minimum absolute atomic E-state index is 0.0418. The monoisotopic (exact) mass is 433 g/mol. The molecule has 2 amide bonds. The second-order valence-electron chi connectivity index (χ2n) is 6.13. The molecule has 3 aromatic rings. The molecule has 0 aliphatic carbocycles. The summed E-state index contributed by atoms with van der Waals surface area (Å²) in [5, 5.41) is 14.7. The van der Waals surface area contributed by atoms with E-state index in [9.17, 15) is 14.0 Å². The standard InChI is InChI=1S/C19H17ClFN5O4/c1-30-16-8-14-11(7-15(16)25-17(27)4-5-18(28)26-29)19(23-9-22-14)24-10-2-3-13(21)12(20)6-10/h2-3,6-9,29H,4-5H2,1H3,(H,25,27)(H,26,28)(H,22,23,24). The molecule has 0 atom stereocenters. The number of anilines is 3. The van der Waals surface area contributed by atoms with Crippen molar-refractivity contribution in [3.63, 3.8) is 0 Å². The normalized spacial score (nSPS) is 10.5. The number of hydrogen-bond acceptors (Lipinski definition) is 7. The van der Waals surface area contributed by atoms with Crippen LogP contribution in [0.3, 0.4) is 0 Å². The Morgan fingerprint density at radius 1 is 1.17 bits per heavy atom. The highest BCUT2D eigenvalue weighted by Gasteiger charge is 2.14. The smallest absolute Gasteiger partial charge is 0.243 e. The Hall–Kier alpha value is -3.50. The van der Waals surface area contributed by atoms with Crippen LogP contribution in [-0.2, 0) is 9.59 Å². The lowest BCUT2D eigenvalue weighted by Crippen LogP contribution is -2.21. The average Bonchev–Trinajstić information content (AvgIpc) is 2.74. The predicted molar refractivity (Wildman–Crippen MR) is 109 cm³/mol. The lowest BCUT2D eigenvalue weighted by atomic mass is 10.1. The zero-order valence-corrected chi connectivity index (χ0v) is 16.5. The second kappa shape index (κ2) is 9.33. The van der Waals surface area contributed by atoms with Crippen molar-refractivity contribution in [3.8, 4) is 5.75 Å². The molecule has 0 saturated heterocycles. The molecule has 9 nitrogen and oxygen atoms in total. The van der Waals surface area contributed by atoms with Crippen LogP contribution in [0, 0.1) is 5.82 Å². The first-order valence-corrected chi connectivity index (χ1v) is 9.06. The van der Waals surface area contributed by atoms with Gasteiger partial charge in [-0.3, -0.25) is 14.8 Å². The molecule has 0 radical (unpaired) electrons. The summed E-state index contributed by atoms with van der Waals surface area (Å²) in [4.78, 5) is 31.7. The van der Waals surface area contributed by atoms with Gasteiger partial charge >= 0.3 is 0 Å². The molecule has 4 N–H and O–H groups in total. The van der Waals surface area contributed by atoms with Crippen molar-refractivity contribution in [1.29, 1.82) is 0 Å². The summed E-state index contributed by atoms with van der Waals surface area (Å²) in [6.45, 7) is 0. The summed E-state index contributed by atoms with van der Waals surface area (Å²) in [5.74, 6) is -0.904. The molecule has 2 aromatic carbocycles. The Balaban J connectivity index is 1.92. The maximum absolute atomic E-state index is 13.4. The SMILES string of the molecule is COc1cc2ncnc(Nc3ccc(F)c(Cl)c3)c2cc1NC(=O)CCC(=O)NO. The van der Waals surface area contributed by atoms with Gasteiger partial charge in [-0.1, -0.05) is 11.6 Å². The number of nitrogens with zero attached hydrogens (tertiary/aromatic N) is 2. The van der Waals surface area contributed by atoms with Crippen molar-refractivity contribution in [2.45, 2.75) is 12.8 Å². The number of hydroxylamine groups is 1. The summed E-state index contributed by atoms with van der Waals surface area (Å²) in [5.41, 5.74) is 2.86. The number of ether oxygens (including phenoxy) is 1. The number of fused-ring (bicyclic) bond motifs is 1. The van der Waals surface area contributed by atoms with E-state index >= 15 is 0 Å². The molecule has 1 heterocycles. The van der Waals surface area contributed by atoms with Gasteiger partial charge in [0, 0.05) is 30.0 Å². The zero-order chi connectivity index (χ0) is 21.7. The molecule has 11 heteroatoms. The zero-order valence-electron chi connectivity index (χ0n) is 15.7. The first kappa shape index (κ1) is 21.2. The number of amides is 2. The highest BCUT2D eigenvalue weighted by Crippen LogP contribution is 2.33. The molecule has 0 spiro atoms. The van der Waals surface area contributed by atoms with Crippen molar-refractivity contribution in [2.24, 2.45) is 0 Å². The van der Waals surface area contributed by atoms with E-state index in [0.717, 1.165) is 0 Å². The number of carbonyl (C=O) groups excluding carboxylic acids is 2. The summed E-state index contributed by atoms with van der Waals surface area (Å²) in [6, 6.07) is 7.39. The molecule has 0 aliphatic rings. The summed E-state index contributed by atoms with van der Waals surface area (Å²) < 4.78 is 18.7. The number of rotatable bonds is 7. The molecule has 0 saturated carbocycles. The van der Waals surface area contributed by atoms with Gasteiger partial charge in [0.05, 0.1) is 23.3 Å². The van der Waals surface area contributed by atoms with Crippen LogP contribution in [-0.4, -0.2) is 34.1 Å². The van der Waals surface area contributed by atoms with Crippen LogP contribution in [0.4, 0.5) is 21.6 Å². The fraction of sp³-hybridized carbons (Fsp3) is 0.158. The summed E-state index contributed by atoms with van der Waals surface area (Å²) >= 11 is 5.83. The number of nitrogens with one attached hydrogen (secondary N) is 3. The van der Waals surface area contributed by atoms with E-state index in [-0.39, 0.29) is 17.9 Å². The molecule has 0 fully saturated rings. The van der Waals surface area contributed by atoms with Crippen LogP contribution in [0.15, 0.2) is 36.7 Å². The first-order chi connectivity index (χ1) is 14.4. The van der Waals surface area contributed by atoms with E-state index in [0.29, 0.717) is 33.8 Å². The van der Waals surface area contributed by atoms with Crippen molar-refractivity contribution < 1.29 is 23.9 Å². The molecule has 156 valence electrons. The number of carbonyl (C=O) groups is 2. The average molecular weight is 434 g/mol. The fourth-order valence-corrected chi connectivity index (χ4v) is 2.84. The number of methoxy groups -OCH3 is 1. The van der Waals surface area contributed by atoms with Crippen molar-refractivity contribution in [3.05, 3.63) is 47.5 Å². The van der Waals surface area contributed by atoms with Gasteiger partial charge in [-0.2, -0.15) is 0 Å². The van der Waals surface area contributed by atoms with E-state index in [4.69, 9.17) is 21.5 Å². The van der Waals surface area contributed by atoms with Crippen LogP contribution >= 0.6 is 11.6 Å². The minimum Gasteiger partial charge on any atom is -0.494 e. The minimum atomic E-state index is -0.673. The van der Waals surface area contributed by atoms with Crippen LogP contribution in [0.1, 0.15) is 12.8 Å². The maximum atomic E-state index is 13.4. The number of hydrogen-bond donors (Lipinski definition) is 4. The van der Waals surface area contributed by atoms with Crippen LogP contribution in [0.25, 0.3) is 10.9 Å². The second-order valence-corrected chi connectivity index (χ2v) is 6.54. The molecule has 0 unspecified atom stereocenters. The van der Waals surface area contributed by atoms with E-state index in [1.165, 1.54) is 37.1 Å². The molecular weight excluding hydrogens is 417 g/mol. The van der Waals surface area contributed by atoms with E-state index in [1.54, 1.807) is 12.1 Å². The van der Waals surface area contributed by atoms with Gasteiger partial charge in [0.25, 0.3) is 0 Å². The number of aromatic nitrogens is 2. The molecule has 3 rings (SSSR count). The Morgan fingerprint density at radius 2 is 1.93 bits per heavy atom. The highest BCUT2D eigenvalue weighted by atomic mass is 35.5.